The van der Waals surface area contributed by atoms with Crippen molar-refractivity contribution in [2.24, 2.45) is 5.10 Å². The van der Waals surface area contributed by atoms with Crippen molar-refractivity contribution < 1.29 is 9.53 Å². The molecule has 1 amide bonds. The van der Waals surface area contributed by atoms with Gasteiger partial charge in [0.05, 0.1) is 12.8 Å². The molecule has 1 aliphatic rings. The van der Waals surface area contributed by atoms with Crippen molar-refractivity contribution in [2.45, 2.75) is 18.8 Å². The van der Waals surface area contributed by atoms with Crippen LogP contribution in [0.1, 0.15) is 40.2 Å². The Morgan fingerprint density at radius 1 is 0.900 bits per heavy atom. The van der Waals surface area contributed by atoms with Crippen molar-refractivity contribution in [2.75, 3.05) is 7.11 Å². The van der Waals surface area contributed by atoms with Crippen molar-refractivity contribution in [1.29, 1.82) is 0 Å². The van der Waals surface area contributed by atoms with E-state index in [4.69, 9.17) is 4.74 Å². The van der Waals surface area contributed by atoms with Gasteiger partial charge in [0.25, 0.3) is 5.91 Å². The molecular weight excluding hydrogens is 372 g/mol. The molecule has 4 rings (SSSR count). The van der Waals surface area contributed by atoms with Crippen LogP contribution >= 0.6 is 0 Å². The third-order valence-corrected chi connectivity index (χ3v) is 5.33. The van der Waals surface area contributed by atoms with Crippen molar-refractivity contribution in [3.63, 3.8) is 0 Å². The van der Waals surface area contributed by atoms with Gasteiger partial charge in [-0.3, -0.25) is 4.79 Å². The van der Waals surface area contributed by atoms with Gasteiger partial charge < -0.3 is 4.74 Å². The molecule has 1 N–H and O–H groups in total. The molecule has 3 aromatic rings. The van der Waals surface area contributed by atoms with E-state index >= 15 is 0 Å². The Morgan fingerprint density at radius 3 is 2.23 bits per heavy atom. The second kappa shape index (κ2) is 9.23. The molecule has 0 spiro atoms. The molecule has 0 bridgehead atoms. The maximum atomic E-state index is 12.5. The number of amides is 1. The van der Waals surface area contributed by atoms with Crippen LogP contribution in [-0.4, -0.2) is 18.7 Å². The summed E-state index contributed by atoms with van der Waals surface area (Å²) in [5, 5.41) is 4.46. The van der Waals surface area contributed by atoms with Crippen molar-refractivity contribution >= 4 is 17.2 Å². The zero-order valence-electron chi connectivity index (χ0n) is 16.9. The summed E-state index contributed by atoms with van der Waals surface area (Å²) in [7, 11) is 1.60. The van der Waals surface area contributed by atoms with Crippen LogP contribution in [0.25, 0.3) is 5.57 Å². The second-order valence-corrected chi connectivity index (χ2v) is 7.32. The Hall–Kier alpha value is -3.66. The van der Waals surface area contributed by atoms with E-state index in [2.05, 4.69) is 53.0 Å². The second-order valence-electron chi connectivity index (χ2n) is 7.32. The minimum absolute atomic E-state index is 0.235. The molecule has 0 saturated heterocycles. The van der Waals surface area contributed by atoms with E-state index < -0.39 is 0 Å². The average Bonchev–Trinajstić information content (AvgIpc) is 2.83. The maximum Gasteiger partial charge on any atom is 0.271 e. The highest BCUT2D eigenvalue weighted by Gasteiger charge is 2.22. The summed E-state index contributed by atoms with van der Waals surface area (Å²) in [5.41, 5.74) is 7.83. The number of ether oxygens (including phenoxy) is 1. The Kier molecular flexibility index (Phi) is 6.04. The summed E-state index contributed by atoms with van der Waals surface area (Å²) >= 11 is 0. The molecule has 1 aliphatic carbocycles. The molecule has 0 saturated carbocycles. The topological polar surface area (TPSA) is 50.7 Å². The van der Waals surface area contributed by atoms with Gasteiger partial charge in [-0.25, -0.2) is 5.43 Å². The van der Waals surface area contributed by atoms with Gasteiger partial charge >= 0.3 is 0 Å². The lowest BCUT2D eigenvalue weighted by Crippen LogP contribution is -2.21. The molecule has 0 aromatic heterocycles. The zero-order chi connectivity index (χ0) is 20.8. The van der Waals surface area contributed by atoms with Crippen LogP contribution in [0.5, 0.6) is 5.75 Å². The Balaban J connectivity index is 1.58. The van der Waals surface area contributed by atoms with E-state index in [-0.39, 0.29) is 5.91 Å². The van der Waals surface area contributed by atoms with Crippen LogP contribution in [-0.2, 0) is 0 Å². The van der Waals surface area contributed by atoms with E-state index in [1.54, 1.807) is 31.4 Å². The zero-order valence-corrected chi connectivity index (χ0v) is 16.9. The summed E-state index contributed by atoms with van der Waals surface area (Å²) in [6, 6.07) is 27.8. The largest absolute Gasteiger partial charge is 0.497 e. The molecule has 4 nitrogen and oxygen atoms in total. The van der Waals surface area contributed by atoms with Gasteiger partial charge in [-0.05, 0) is 65.8 Å². The number of rotatable bonds is 5. The minimum atomic E-state index is -0.235. The van der Waals surface area contributed by atoms with Gasteiger partial charge in [0.2, 0.25) is 0 Å². The van der Waals surface area contributed by atoms with Gasteiger partial charge in [-0.1, -0.05) is 60.7 Å². The molecule has 150 valence electrons. The Bertz CT molecular complexity index is 1060. The van der Waals surface area contributed by atoms with Crippen molar-refractivity contribution in [3.8, 4) is 5.75 Å². The fraction of sp³-hybridized carbons (Fsp3) is 0.154. The van der Waals surface area contributed by atoms with Gasteiger partial charge in [-0.15, -0.1) is 0 Å². The SMILES string of the molecule is COc1ccc(C(=O)NN=C2C=C(c3ccccc3)CC(c3ccccc3)C2)cc1. The Morgan fingerprint density at radius 2 is 1.57 bits per heavy atom. The van der Waals surface area contributed by atoms with Crippen LogP contribution < -0.4 is 10.2 Å². The van der Waals surface area contributed by atoms with Crippen LogP contribution in [0.15, 0.2) is 96.1 Å². The number of carbonyl (C=O) groups excluding carboxylic acids is 1. The number of carbonyl (C=O) groups is 1. The number of hydrogen-bond donors (Lipinski definition) is 1. The number of nitrogens with zero attached hydrogens (tertiary/aromatic N) is 1. The number of nitrogens with one attached hydrogen (secondary N) is 1. The van der Waals surface area contributed by atoms with Crippen LogP contribution in [0, 0.1) is 0 Å². The fourth-order valence-corrected chi connectivity index (χ4v) is 3.73. The normalized spacial score (nSPS) is 17.3. The third kappa shape index (κ3) is 4.66. The molecule has 0 aliphatic heterocycles. The van der Waals surface area contributed by atoms with Crippen LogP contribution in [0.4, 0.5) is 0 Å². The fourth-order valence-electron chi connectivity index (χ4n) is 3.73. The maximum absolute atomic E-state index is 12.5. The smallest absolute Gasteiger partial charge is 0.271 e. The molecular formula is C26H24N2O2. The lowest BCUT2D eigenvalue weighted by molar-refractivity contribution is 0.0954. The van der Waals surface area contributed by atoms with E-state index in [0.29, 0.717) is 17.2 Å². The number of benzene rings is 3. The highest BCUT2D eigenvalue weighted by molar-refractivity contribution is 6.04. The first kappa shape index (κ1) is 19.6. The van der Waals surface area contributed by atoms with Gasteiger partial charge in [0.1, 0.15) is 5.75 Å². The van der Waals surface area contributed by atoms with Gasteiger partial charge in [0, 0.05) is 5.56 Å². The number of hydrogen-bond acceptors (Lipinski definition) is 3. The molecule has 0 heterocycles. The average molecular weight is 396 g/mol. The molecule has 30 heavy (non-hydrogen) atoms. The van der Waals surface area contributed by atoms with Gasteiger partial charge in [-0.2, -0.15) is 5.10 Å². The summed E-state index contributed by atoms with van der Waals surface area (Å²) in [4.78, 5) is 12.5. The number of methoxy groups -OCH3 is 1. The standard InChI is InChI=1S/C26H24N2O2/c1-30-25-14-12-21(13-15-25)26(29)28-27-24-17-22(19-8-4-2-5-9-19)16-23(18-24)20-10-6-3-7-11-20/h2-15,17,23H,16,18H2,1H3,(H,28,29). The first-order valence-corrected chi connectivity index (χ1v) is 10.0. The Labute approximate surface area is 176 Å². The molecule has 1 unspecified atom stereocenters. The van der Waals surface area contributed by atoms with E-state index in [0.717, 1.165) is 18.6 Å². The summed E-state index contributed by atoms with van der Waals surface area (Å²) in [5.74, 6) is 0.802. The summed E-state index contributed by atoms with van der Waals surface area (Å²) < 4.78 is 5.14. The van der Waals surface area contributed by atoms with Crippen molar-refractivity contribution in [1.82, 2.24) is 5.43 Å². The number of hydrazone groups is 1. The minimum Gasteiger partial charge on any atom is -0.497 e. The quantitative estimate of drug-likeness (QED) is 0.584. The van der Waals surface area contributed by atoms with E-state index in [1.165, 1.54) is 16.7 Å². The van der Waals surface area contributed by atoms with E-state index in [1.807, 2.05) is 24.3 Å². The van der Waals surface area contributed by atoms with E-state index in [9.17, 15) is 4.79 Å². The highest BCUT2D eigenvalue weighted by Crippen LogP contribution is 2.36. The molecule has 0 radical (unpaired) electrons. The molecule has 0 fully saturated rings. The monoisotopic (exact) mass is 396 g/mol. The van der Waals surface area contributed by atoms with Crippen LogP contribution in [0.3, 0.4) is 0 Å². The number of allylic oxidation sites excluding steroid dienone is 2. The van der Waals surface area contributed by atoms with Gasteiger partial charge in [0.15, 0.2) is 0 Å². The predicted octanol–water partition coefficient (Wildman–Crippen LogP) is 5.44. The summed E-state index contributed by atoms with van der Waals surface area (Å²) in [6.45, 7) is 0. The highest BCUT2D eigenvalue weighted by atomic mass is 16.5. The first-order chi connectivity index (χ1) is 14.7. The lowest BCUT2D eigenvalue weighted by Gasteiger charge is -2.24. The summed E-state index contributed by atoms with van der Waals surface area (Å²) in [6.07, 6.45) is 3.83. The molecule has 3 aromatic carbocycles. The third-order valence-electron chi connectivity index (χ3n) is 5.33. The van der Waals surface area contributed by atoms with Crippen molar-refractivity contribution in [3.05, 3.63) is 108 Å². The molecule has 1 atom stereocenters. The predicted molar refractivity (Wildman–Crippen MR) is 121 cm³/mol. The van der Waals surface area contributed by atoms with Crippen LogP contribution in [0.2, 0.25) is 0 Å². The molecule has 4 heteroatoms. The lowest BCUT2D eigenvalue weighted by atomic mass is 9.81. The first-order valence-electron chi connectivity index (χ1n) is 10.0.